The van der Waals surface area contributed by atoms with Crippen LogP contribution in [0.25, 0.3) is 22.2 Å². The van der Waals surface area contributed by atoms with Crippen molar-refractivity contribution in [2.75, 3.05) is 17.2 Å². The molecule has 4 heterocycles. The topological polar surface area (TPSA) is 107 Å². The number of hydrogen-bond acceptors (Lipinski definition) is 7. The molecule has 0 saturated heterocycles. The molecule has 0 fully saturated rings. The minimum absolute atomic E-state index is 0.0146. The first kappa shape index (κ1) is 18.9. The fourth-order valence-corrected chi connectivity index (χ4v) is 3.71. The fraction of sp³-hybridized carbons (Fsp3) is 0.190. The number of nitrogens with zero attached hydrogens (tertiary/aromatic N) is 5. The second-order valence-corrected chi connectivity index (χ2v) is 7.13. The molecule has 3 aromatic heterocycles. The normalized spacial score (nSPS) is 12.5. The molecule has 0 aliphatic carbocycles. The van der Waals surface area contributed by atoms with Crippen molar-refractivity contribution in [3.05, 3.63) is 48.3 Å². The van der Waals surface area contributed by atoms with Crippen LogP contribution in [0.5, 0.6) is 11.8 Å². The van der Waals surface area contributed by atoms with Crippen molar-refractivity contribution in [3.63, 3.8) is 0 Å². The number of fused-ring (bicyclic) bond motifs is 3. The molecule has 2 N–H and O–H groups in total. The number of ether oxygens (including phenoxy) is 1. The number of hydrogen-bond donors (Lipinski definition) is 2. The molecular weight excluding hydrogens is 401 g/mol. The molecule has 10 heteroatoms. The molecule has 156 valence electrons. The molecule has 0 bridgehead atoms. The van der Waals surface area contributed by atoms with Gasteiger partial charge >= 0.3 is 6.01 Å². The number of nitrogens with one attached hydrogen (secondary N) is 2. The van der Waals surface area contributed by atoms with Crippen molar-refractivity contribution in [2.45, 2.75) is 20.4 Å². The maximum atomic E-state index is 15.0. The van der Waals surface area contributed by atoms with Gasteiger partial charge in [0.1, 0.15) is 23.6 Å². The number of carbonyl (C=O) groups excluding carboxylic acids is 1. The molecule has 1 aliphatic rings. The highest BCUT2D eigenvalue weighted by molar-refractivity contribution is 6.10. The number of amides is 1. The summed E-state index contributed by atoms with van der Waals surface area (Å²) in [5, 5.41) is 6.72. The summed E-state index contributed by atoms with van der Waals surface area (Å²) in [6, 6.07) is 6.46. The summed E-state index contributed by atoms with van der Waals surface area (Å²) in [6.45, 7) is 4.64. The lowest BCUT2D eigenvalue weighted by Gasteiger charge is -2.10. The van der Waals surface area contributed by atoms with Crippen molar-refractivity contribution >= 4 is 28.6 Å². The van der Waals surface area contributed by atoms with Gasteiger partial charge in [0.05, 0.1) is 5.39 Å². The third-order valence-corrected chi connectivity index (χ3v) is 4.96. The monoisotopic (exact) mass is 419 g/mol. The number of halogens is 1. The van der Waals surface area contributed by atoms with Crippen LogP contribution < -0.4 is 15.4 Å². The van der Waals surface area contributed by atoms with Crippen molar-refractivity contribution in [2.24, 2.45) is 0 Å². The molecule has 4 aromatic rings. The van der Waals surface area contributed by atoms with Crippen LogP contribution in [0.4, 0.5) is 16.0 Å². The van der Waals surface area contributed by atoms with E-state index in [-0.39, 0.29) is 17.7 Å². The van der Waals surface area contributed by atoms with Crippen molar-refractivity contribution < 1.29 is 13.9 Å². The van der Waals surface area contributed by atoms with E-state index in [0.29, 0.717) is 34.5 Å². The average molecular weight is 419 g/mol. The summed E-state index contributed by atoms with van der Waals surface area (Å²) in [5.41, 5.74) is 2.70. The van der Waals surface area contributed by atoms with E-state index in [9.17, 15) is 9.18 Å². The van der Waals surface area contributed by atoms with Crippen molar-refractivity contribution in [3.8, 4) is 22.9 Å². The minimum atomic E-state index is -0.563. The van der Waals surface area contributed by atoms with Crippen LogP contribution in [0.3, 0.4) is 0 Å². The Kier molecular flexibility index (Phi) is 4.46. The van der Waals surface area contributed by atoms with Crippen LogP contribution in [0.1, 0.15) is 12.6 Å². The predicted octanol–water partition coefficient (Wildman–Crippen LogP) is 3.51. The second-order valence-electron chi connectivity index (χ2n) is 7.13. The fourth-order valence-electron chi connectivity index (χ4n) is 3.71. The van der Waals surface area contributed by atoms with Gasteiger partial charge in [-0.3, -0.25) is 4.79 Å². The Bertz CT molecular complexity index is 1340. The number of aromatic nitrogens is 5. The lowest BCUT2D eigenvalue weighted by molar-refractivity contribution is -0.114. The Morgan fingerprint density at radius 2 is 2.13 bits per heavy atom. The Hall–Kier alpha value is -4.08. The van der Waals surface area contributed by atoms with E-state index in [0.717, 1.165) is 18.1 Å². The van der Waals surface area contributed by atoms with Gasteiger partial charge < -0.3 is 19.9 Å². The molecular formula is C21H18FN7O2. The van der Waals surface area contributed by atoms with Crippen molar-refractivity contribution in [1.29, 1.82) is 0 Å². The molecule has 1 amide bonds. The van der Waals surface area contributed by atoms with E-state index < -0.39 is 5.82 Å². The zero-order valence-corrected chi connectivity index (χ0v) is 16.8. The molecule has 0 spiro atoms. The first-order valence-corrected chi connectivity index (χ1v) is 9.67. The molecule has 1 aromatic carbocycles. The number of carbonyl (C=O) groups is 1. The van der Waals surface area contributed by atoms with E-state index in [1.165, 1.54) is 25.4 Å². The highest BCUT2D eigenvalue weighted by Crippen LogP contribution is 2.43. The standard InChI is InChI=1S/C21H18FN7O2/c1-11-5-6-24-21(27-11)31-15-4-3-13(9-14(15)22)16-17-18(28-12(2)30)25-10-26-20(17)29-8-7-23-19(16)29/h3-6,9-10,23H,7-8H2,1-2H3,(H,25,26,28,30). The van der Waals surface area contributed by atoms with Crippen LogP contribution in [0, 0.1) is 12.7 Å². The summed E-state index contributed by atoms with van der Waals surface area (Å²) >= 11 is 0. The zero-order valence-electron chi connectivity index (χ0n) is 16.8. The predicted molar refractivity (Wildman–Crippen MR) is 113 cm³/mol. The van der Waals surface area contributed by atoms with Gasteiger partial charge in [0.25, 0.3) is 0 Å². The first-order valence-electron chi connectivity index (χ1n) is 9.67. The SMILES string of the molecule is CC(=O)Nc1ncnc2c1c(-c1ccc(Oc3nccc(C)n3)c(F)c1)c1n2CCN1. The van der Waals surface area contributed by atoms with Gasteiger partial charge in [-0.05, 0) is 30.7 Å². The summed E-state index contributed by atoms with van der Waals surface area (Å²) in [5.74, 6) is 0.382. The van der Waals surface area contributed by atoms with E-state index in [1.807, 2.05) is 4.57 Å². The Labute approximate surface area is 176 Å². The Morgan fingerprint density at radius 3 is 2.90 bits per heavy atom. The zero-order chi connectivity index (χ0) is 21.5. The Morgan fingerprint density at radius 1 is 1.26 bits per heavy atom. The van der Waals surface area contributed by atoms with Crippen LogP contribution >= 0.6 is 0 Å². The molecule has 9 nitrogen and oxygen atoms in total. The van der Waals surface area contributed by atoms with Gasteiger partial charge in [-0.15, -0.1) is 0 Å². The highest BCUT2D eigenvalue weighted by atomic mass is 19.1. The van der Waals surface area contributed by atoms with E-state index in [2.05, 4.69) is 30.6 Å². The maximum Gasteiger partial charge on any atom is 0.322 e. The number of benzene rings is 1. The molecule has 0 atom stereocenters. The second kappa shape index (κ2) is 7.31. The molecule has 1 aliphatic heterocycles. The van der Waals surface area contributed by atoms with Crippen LogP contribution in [-0.4, -0.2) is 37.0 Å². The molecule has 0 unspecified atom stereocenters. The van der Waals surface area contributed by atoms with Crippen molar-refractivity contribution in [1.82, 2.24) is 24.5 Å². The van der Waals surface area contributed by atoms with E-state index in [1.54, 1.807) is 25.3 Å². The molecule has 31 heavy (non-hydrogen) atoms. The highest BCUT2D eigenvalue weighted by Gasteiger charge is 2.26. The largest absolute Gasteiger partial charge is 0.421 e. The number of anilines is 2. The first-order chi connectivity index (χ1) is 15.0. The molecule has 5 rings (SSSR count). The van der Waals surface area contributed by atoms with Gasteiger partial charge in [0.15, 0.2) is 11.6 Å². The average Bonchev–Trinajstić information content (AvgIpc) is 3.31. The summed E-state index contributed by atoms with van der Waals surface area (Å²) in [4.78, 5) is 28.5. The molecule has 0 saturated carbocycles. The third kappa shape index (κ3) is 3.31. The summed E-state index contributed by atoms with van der Waals surface area (Å²) in [7, 11) is 0. The minimum Gasteiger partial charge on any atom is -0.421 e. The number of rotatable bonds is 4. The maximum absolute atomic E-state index is 15.0. The van der Waals surface area contributed by atoms with Crippen LogP contribution in [0.2, 0.25) is 0 Å². The van der Waals surface area contributed by atoms with Crippen LogP contribution in [-0.2, 0) is 11.3 Å². The summed E-state index contributed by atoms with van der Waals surface area (Å²) < 4.78 is 22.5. The van der Waals surface area contributed by atoms with E-state index in [4.69, 9.17) is 4.74 Å². The van der Waals surface area contributed by atoms with Gasteiger partial charge in [-0.2, -0.15) is 0 Å². The number of aryl methyl sites for hydroxylation is 1. The lowest BCUT2D eigenvalue weighted by Crippen LogP contribution is -2.08. The Balaban J connectivity index is 1.62. The third-order valence-electron chi connectivity index (χ3n) is 4.96. The van der Waals surface area contributed by atoms with Crippen LogP contribution in [0.15, 0.2) is 36.8 Å². The molecule has 0 radical (unpaired) electrons. The quantitative estimate of drug-likeness (QED) is 0.521. The van der Waals surface area contributed by atoms with Gasteiger partial charge in [-0.1, -0.05) is 6.07 Å². The van der Waals surface area contributed by atoms with Gasteiger partial charge in [-0.25, -0.2) is 24.3 Å². The summed E-state index contributed by atoms with van der Waals surface area (Å²) in [6.07, 6.45) is 2.96. The van der Waals surface area contributed by atoms with E-state index >= 15 is 0 Å². The van der Waals surface area contributed by atoms with Gasteiger partial charge in [0, 0.05) is 37.5 Å². The lowest BCUT2D eigenvalue weighted by atomic mass is 10.0. The van der Waals surface area contributed by atoms with Gasteiger partial charge in [0.2, 0.25) is 5.91 Å². The smallest absolute Gasteiger partial charge is 0.322 e.